The van der Waals surface area contributed by atoms with Gasteiger partial charge in [0.1, 0.15) is 0 Å². The van der Waals surface area contributed by atoms with Crippen LogP contribution in [0, 0.1) is 0 Å². The SMILES string of the molecule is CC(C)(CO)NS(=O)(=O)c1ccc(Br)c(C(=O)O)c1. The first-order valence-corrected chi connectivity index (χ1v) is 7.54. The number of hydrogen-bond acceptors (Lipinski definition) is 4. The van der Waals surface area contributed by atoms with Crippen LogP contribution in [0.5, 0.6) is 0 Å². The number of carbonyl (C=O) groups is 1. The summed E-state index contributed by atoms with van der Waals surface area (Å²) in [6, 6.07) is 3.69. The van der Waals surface area contributed by atoms with Gasteiger partial charge in [-0.1, -0.05) is 0 Å². The lowest BCUT2D eigenvalue weighted by Crippen LogP contribution is -2.46. The zero-order chi connectivity index (χ0) is 14.8. The van der Waals surface area contributed by atoms with Crippen LogP contribution in [0.3, 0.4) is 0 Å². The van der Waals surface area contributed by atoms with Gasteiger partial charge >= 0.3 is 5.97 Å². The van der Waals surface area contributed by atoms with Crippen LogP contribution in [0.1, 0.15) is 24.2 Å². The molecule has 0 aliphatic heterocycles. The van der Waals surface area contributed by atoms with Crippen LogP contribution in [-0.2, 0) is 10.0 Å². The van der Waals surface area contributed by atoms with E-state index in [1.54, 1.807) is 0 Å². The maximum absolute atomic E-state index is 12.1. The number of carboxylic acid groups (broad SMARTS) is 1. The van der Waals surface area contributed by atoms with Crippen molar-refractivity contribution < 1.29 is 23.4 Å². The lowest BCUT2D eigenvalue weighted by Gasteiger charge is -2.23. The van der Waals surface area contributed by atoms with Crippen LogP contribution in [0.25, 0.3) is 0 Å². The van der Waals surface area contributed by atoms with Crippen molar-refractivity contribution in [2.24, 2.45) is 0 Å². The summed E-state index contributed by atoms with van der Waals surface area (Å²) < 4.78 is 26.7. The van der Waals surface area contributed by atoms with E-state index in [2.05, 4.69) is 20.7 Å². The third-order valence-electron chi connectivity index (χ3n) is 2.28. The Morgan fingerprint density at radius 3 is 2.47 bits per heavy atom. The summed E-state index contributed by atoms with van der Waals surface area (Å²) in [7, 11) is -3.90. The van der Waals surface area contributed by atoms with E-state index in [1.807, 2.05) is 0 Å². The van der Waals surface area contributed by atoms with Gasteiger partial charge in [-0.25, -0.2) is 17.9 Å². The Morgan fingerprint density at radius 1 is 1.42 bits per heavy atom. The largest absolute Gasteiger partial charge is 0.478 e. The second-order valence-corrected chi connectivity index (χ2v) is 7.13. The van der Waals surface area contributed by atoms with Crippen molar-refractivity contribution in [3.8, 4) is 0 Å². The van der Waals surface area contributed by atoms with E-state index < -0.39 is 21.5 Å². The Morgan fingerprint density at radius 2 is 2.00 bits per heavy atom. The van der Waals surface area contributed by atoms with E-state index in [1.165, 1.54) is 26.0 Å². The fraction of sp³-hybridized carbons (Fsp3) is 0.364. The number of aromatic carboxylic acids is 1. The van der Waals surface area contributed by atoms with E-state index in [-0.39, 0.29) is 17.1 Å². The summed E-state index contributed by atoms with van der Waals surface area (Å²) in [6.45, 7) is 2.65. The van der Waals surface area contributed by atoms with E-state index in [4.69, 9.17) is 10.2 Å². The van der Waals surface area contributed by atoms with Gasteiger partial charge in [0.2, 0.25) is 10.0 Å². The van der Waals surface area contributed by atoms with Gasteiger partial charge in [-0.3, -0.25) is 0 Å². The van der Waals surface area contributed by atoms with Gasteiger partial charge in [0.25, 0.3) is 0 Å². The van der Waals surface area contributed by atoms with Crippen molar-refractivity contribution in [3.63, 3.8) is 0 Å². The molecule has 0 aliphatic carbocycles. The van der Waals surface area contributed by atoms with E-state index >= 15 is 0 Å². The van der Waals surface area contributed by atoms with Gasteiger partial charge in [-0.15, -0.1) is 0 Å². The monoisotopic (exact) mass is 351 g/mol. The third-order valence-corrected chi connectivity index (χ3v) is 4.67. The van der Waals surface area contributed by atoms with Crippen molar-refractivity contribution >= 4 is 31.9 Å². The molecular formula is C11H14BrNO5S. The first-order chi connectivity index (χ1) is 8.59. The Hall–Kier alpha value is -0.960. The zero-order valence-electron chi connectivity index (χ0n) is 10.3. The molecule has 1 aromatic rings. The predicted molar refractivity (Wildman–Crippen MR) is 72.6 cm³/mol. The van der Waals surface area contributed by atoms with E-state index in [0.29, 0.717) is 4.47 Å². The first-order valence-electron chi connectivity index (χ1n) is 5.27. The van der Waals surface area contributed by atoms with Crippen LogP contribution in [0.15, 0.2) is 27.6 Å². The Bertz CT molecular complexity index is 597. The molecule has 0 aromatic heterocycles. The lowest BCUT2D eigenvalue weighted by atomic mass is 10.1. The smallest absolute Gasteiger partial charge is 0.336 e. The lowest BCUT2D eigenvalue weighted by molar-refractivity contribution is 0.0695. The number of benzene rings is 1. The quantitative estimate of drug-likeness (QED) is 0.739. The fourth-order valence-corrected chi connectivity index (χ4v) is 3.14. The molecule has 0 aliphatic rings. The van der Waals surface area contributed by atoms with Crippen LogP contribution in [-0.4, -0.2) is 36.7 Å². The summed E-state index contributed by atoms with van der Waals surface area (Å²) in [4.78, 5) is 10.8. The highest BCUT2D eigenvalue weighted by atomic mass is 79.9. The number of carboxylic acids is 1. The summed E-state index contributed by atoms with van der Waals surface area (Å²) in [5, 5.41) is 18.0. The van der Waals surface area contributed by atoms with Crippen LogP contribution >= 0.6 is 15.9 Å². The minimum atomic E-state index is -3.90. The van der Waals surface area contributed by atoms with Crippen LogP contribution in [0.4, 0.5) is 0 Å². The zero-order valence-corrected chi connectivity index (χ0v) is 12.7. The molecule has 0 heterocycles. The Balaban J connectivity index is 3.23. The topological polar surface area (TPSA) is 104 Å². The van der Waals surface area contributed by atoms with Gasteiger partial charge in [-0.05, 0) is 48.0 Å². The number of halogens is 1. The van der Waals surface area contributed by atoms with Gasteiger partial charge in [0.15, 0.2) is 0 Å². The predicted octanol–water partition coefficient (Wildman–Crippen LogP) is 1.20. The molecule has 0 saturated heterocycles. The highest BCUT2D eigenvalue weighted by molar-refractivity contribution is 9.10. The van der Waals surface area contributed by atoms with Crippen molar-refractivity contribution in [1.29, 1.82) is 0 Å². The summed E-state index contributed by atoms with van der Waals surface area (Å²) >= 11 is 3.04. The van der Waals surface area contributed by atoms with Crippen molar-refractivity contribution in [1.82, 2.24) is 4.72 Å². The molecule has 8 heteroatoms. The Kier molecular flexibility index (Phi) is 4.72. The number of aliphatic hydroxyl groups excluding tert-OH is 1. The maximum Gasteiger partial charge on any atom is 0.336 e. The second kappa shape index (κ2) is 5.58. The molecule has 0 radical (unpaired) electrons. The number of hydrogen-bond donors (Lipinski definition) is 3. The second-order valence-electron chi connectivity index (χ2n) is 4.59. The van der Waals surface area contributed by atoms with E-state index in [9.17, 15) is 13.2 Å². The maximum atomic E-state index is 12.1. The molecule has 0 spiro atoms. The number of aliphatic hydroxyl groups is 1. The number of sulfonamides is 1. The average Bonchev–Trinajstić information content (AvgIpc) is 2.27. The van der Waals surface area contributed by atoms with Crippen LogP contribution in [0.2, 0.25) is 0 Å². The van der Waals surface area contributed by atoms with Crippen molar-refractivity contribution in [2.75, 3.05) is 6.61 Å². The summed E-state index contributed by atoms with van der Waals surface area (Å²) in [6.07, 6.45) is 0. The molecule has 0 bridgehead atoms. The highest BCUT2D eigenvalue weighted by Crippen LogP contribution is 2.22. The first kappa shape index (κ1) is 16.1. The summed E-state index contributed by atoms with van der Waals surface area (Å²) in [5.41, 5.74) is -1.18. The van der Waals surface area contributed by atoms with Gasteiger partial charge in [0.05, 0.1) is 22.6 Å². The number of rotatable bonds is 5. The molecule has 0 atom stereocenters. The standard InChI is InChI=1S/C11H14BrNO5S/c1-11(2,6-14)13-19(17,18)7-3-4-9(12)8(5-7)10(15)16/h3-5,13-14H,6H2,1-2H3,(H,15,16). The molecule has 0 saturated carbocycles. The Labute approximate surface area is 119 Å². The minimum absolute atomic E-state index is 0.148. The van der Waals surface area contributed by atoms with Crippen molar-refractivity contribution in [2.45, 2.75) is 24.3 Å². The number of nitrogens with one attached hydrogen (secondary N) is 1. The molecule has 19 heavy (non-hydrogen) atoms. The average molecular weight is 352 g/mol. The molecule has 0 amide bonds. The molecule has 6 nitrogen and oxygen atoms in total. The molecule has 1 rings (SSSR count). The van der Waals surface area contributed by atoms with Gasteiger partial charge in [-0.2, -0.15) is 0 Å². The van der Waals surface area contributed by atoms with Crippen LogP contribution < -0.4 is 4.72 Å². The summed E-state index contributed by atoms with van der Waals surface area (Å²) in [5.74, 6) is -1.23. The highest BCUT2D eigenvalue weighted by Gasteiger charge is 2.26. The molecular weight excluding hydrogens is 338 g/mol. The molecule has 106 valence electrons. The van der Waals surface area contributed by atoms with E-state index in [0.717, 1.165) is 6.07 Å². The normalized spacial score (nSPS) is 12.4. The minimum Gasteiger partial charge on any atom is -0.478 e. The molecule has 0 unspecified atom stereocenters. The van der Waals surface area contributed by atoms with Gasteiger partial charge < -0.3 is 10.2 Å². The molecule has 1 aromatic carbocycles. The molecule has 0 fully saturated rings. The van der Waals surface area contributed by atoms with Gasteiger partial charge in [0, 0.05) is 4.47 Å². The molecule has 3 N–H and O–H groups in total. The fourth-order valence-electron chi connectivity index (χ4n) is 1.29. The van der Waals surface area contributed by atoms with Crippen molar-refractivity contribution in [3.05, 3.63) is 28.2 Å². The third kappa shape index (κ3) is 4.00.